The van der Waals surface area contributed by atoms with Gasteiger partial charge in [-0.1, -0.05) is 0 Å². The number of anilines is 1. The highest BCUT2D eigenvalue weighted by Crippen LogP contribution is 2.28. The highest BCUT2D eigenvalue weighted by Gasteiger charge is 2.35. The van der Waals surface area contributed by atoms with E-state index in [4.69, 9.17) is 10.5 Å². The number of nitrogens with two attached hydrogens (primary N) is 1. The molecule has 8 heteroatoms. The van der Waals surface area contributed by atoms with Crippen LogP contribution in [0.25, 0.3) is 0 Å². The third-order valence-electron chi connectivity index (χ3n) is 2.76. The fourth-order valence-electron chi connectivity index (χ4n) is 1.02. The third kappa shape index (κ3) is 4.23. The first-order chi connectivity index (χ1) is 8.52. The lowest BCUT2D eigenvalue weighted by atomic mass is 10.1. The number of nitrogens with zero attached hydrogens (tertiary/aromatic N) is 3. The molecule has 0 radical (unpaired) electrons. The normalized spacial score (nSPS) is 12.8. The second-order valence-electron chi connectivity index (χ2n) is 4.95. The number of ether oxygens (including phenoxy) is 1. The average molecular weight is 278 g/mol. The van der Waals surface area contributed by atoms with Crippen LogP contribution in [0.3, 0.4) is 0 Å². The number of halogens is 3. The summed E-state index contributed by atoms with van der Waals surface area (Å²) in [5, 5.41) is 0. The minimum absolute atomic E-state index is 0.174. The van der Waals surface area contributed by atoms with E-state index in [0.29, 0.717) is 0 Å². The Hall–Kier alpha value is -1.57. The van der Waals surface area contributed by atoms with Gasteiger partial charge in [0.1, 0.15) is 12.4 Å². The van der Waals surface area contributed by atoms with E-state index in [1.54, 1.807) is 0 Å². The predicted molar refractivity (Wildman–Crippen MR) is 64.7 cm³/mol. The van der Waals surface area contributed by atoms with Gasteiger partial charge in [-0.3, -0.25) is 0 Å². The monoisotopic (exact) mass is 278 g/mol. The van der Waals surface area contributed by atoms with E-state index in [2.05, 4.69) is 9.97 Å². The van der Waals surface area contributed by atoms with Gasteiger partial charge in [-0.2, -0.15) is 18.2 Å². The van der Waals surface area contributed by atoms with E-state index in [-0.39, 0.29) is 23.8 Å². The summed E-state index contributed by atoms with van der Waals surface area (Å²) in [6, 6.07) is 1.17. The zero-order chi connectivity index (χ0) is 14.8. The maximum absolute atomic E-state index is 12.5. The topological polar surface area (TPSA) is 64.3 Å². The Morgan fingerprint density at radius 1 is 1.26 bits per heavy atom. The Morgan fingerprint density at radius 2 is 1.84 bits per heavy atom. The van der Waals surface area contributed by atoms with Gasteiger partial charge in [0.2, 0.25) is 11.7 Å². The SMILES string of the molecule is CN(C)C(C)(C)COc1cc(N)nc(C(F)(F)F)n1. The molecule has 0 spiro atoms. The fraction of sp³-hybridized carbons (Fsp3) is 0.636. The summed E-state index contributed by atoms with van der Waals surface area (Å²) in [6.07, 6.45) is -4.65. The van der Waals surface area contributed by atoms with Crippen LogP contribution in [0.4, 0.5) is 19.0 Å². The highest BCUT2D eigenvalue weighted by molar-refractivity contribution is 5.33. The fourth-order valence-corrected chi connectivity index (χ4v) is 1.02. The van der Waals surface area contributed by atoms with Crippen molar-refractivity contribution in [3.8, 4) is 5.88 Å². The van der Waals surface area contributed by atoms with Crippen LogP contribution in [0.15, 0.2) is 6.07 Å². The average Bonchev–Trinajstić information content (AvgIpc) is 2.24. The minimum Gasteiger partial charge on any atom is -0.476 e. The zero-order valence-corrected chi connectivity index (χ0v) is 11.2. The van der Waals surface area contributed by atoms with Crippen molar-refractivity contribution in [1.29, 1.82) is 0 Å². The molecule has 19 heavy (non-hydrogen) atoms. The van der Waals surface area contributed by atoms with Crippen molar-refractivity contribution in [1.82, 2.24) is 14.9 Å². The largest absolute Gasteiger partial charge is 0.476 e. The number of hydrogen-bond donors (Lipinski definition) is 1. The molecular formula is C11H17F3N4O. The molecule has 0 amide bonds. The van der Waals surface area contributed by atoms with Gasteiger partial charge in [-0.25, -0.2) is 4.98 Å². The van der Waals surface area contributed by atoms with E-state index in [1.165, 1.54) is 6.07 Å². The molecule has 0 saturated carbocycles. The molecule has 1 heterocycles. The van der Waals surface area contributed by atoms with Gasteiger partial charge in [0.15, 0.2) is 0 Å². The van der Waals surface area contributed by atoms with Gasteiger partial charge in [-0.15, -0.1) is 0 Å². The number of likely N-dealkylation sites (N-methyl/N-ethyl adjacent to an activating group) is 1. The quantitative estimate of drug-likeness (QED) is 0.909. The molecule has 0 aliphatic heterocycles. The van der Waals surface area contributed by atoms with Gasteiger partial charge in [0.05, 0.1) is 0 Å². The van der Waals surface area contributed by atoms with E-state index in [1.807, 2.05) is 32.8 Å². The van der Waals surface area contributed by atoms with Crippen molar-refractivity contribution in [2.45, 2.75) is 25.6 Å². The molecule has 0 atom stereocenters. The third-order valence-corrected chi connectivity index (χ3v) is 2.76. The molecule has 0 bridgehead atoms. The maximum Gasteiger partial charge on any atom is 0.451 e. The van der Waals surface area contributed by atoms with Gasteiger partial charge in [-0.05, 0) is 27.9 Å². The number of hydrogen-bond acceptors (Lipinski definition) is 5. The van der Waals surface area contributed by atoms with Crippen molar-refractivity contribution in [2.75, 3.05) is 26.4 Å². The summed E-state index contributed by atoms with van der Waals surface area (Å²) in [5.41, 5.74) is 4.96. The second kappa shape index (κ2) is 5.20. The Labute approximate surface area is 109 Å². The molecule has 0 saturated heterocycles. The van der Waals surface area contributed by atoms with Gasteiger partial charge >= 0.3 is 6.18 Å². The predicted octanol–water partition coefficient (Wildman–Crippen LogP) is 1.80. The Balaban J connectivity index is 2.88. The molecule has 1 rings (SSSR count). The van der Waals surface area contributed by atoms with Crippen molar-refractivity contribution < 1.29 is 17.9 Å². The van der Waals surface area contributed by atoms with E-state index in [9.17, 15) is 13.2 Å². The first-order valence-corrected chi connectivity index (χ1v) is 5.54. The smallest absolute Gasteiger partial charge is 0.451 e. The Morgan fingerprint density at radius 3 is 2.32 bits per heavy atom. The van der Waals surface area contributed by atoms with Gasteiger partial charge in [0, 0.05) is 11.6 Å². The summed E-state index contributed by atoms with van der Waals surface area (Å²) < 4.78 is 42.8. The lowest BCUT2D eigenvalue weighted by Gasteiger charge is -2.31. The standard InChI is InChI=1S/C11H17F3N4O/c1-10(2,18(3)4)6-19-8-5-7(15)16-9(17-8)11(12,13)14/h5H,6H2,1-4H3,(H2,15,16,17). The van der Waals surface area contributed by atoms with E-state index in [0.717, 1.165) is 0 Å². The van der Waals surface area contributed by atoms with Crippen LogP contribution in [0.5, 0.6) is 5.88 Å². The lowest BCUT2D eigenvalue weighted by Crippen LogP contribution is -2.43. The molecule has 5 nitrogen and oxygen atoms in total. The summed E-state index contributed by atoms with van der Waals surface area (Å²) >= 11 is 0. The second-order valence-corrected chi connectivity index (χ2v) is 4.95. The van der Waals surface area contributed by atoms with E-state index < -0.39 is 12.0 Å². The van der Waals surface area contributed by atoms with Crippen molar-refractivity contribution in [3.63, 3.8) is 0 Å². The maximum atomic E-state index is 12.5. The molecule has 0 aliphatic carbocycles. The van der Waals surface area contributed by atoms with Gasteiger partial charge in [0.25, 0.3) is 0 Å². The van der Waals surface area contributed by atoms with Crippen LogP contribution in [-0.4, -0.2) is 41.1 Å². The molecule has 108 valence electrons. The molecule has 1 aromatic heterocycles. The molecule has 0 fully saturated rings. The molecule has 2 N–H and O–H groups in total. The van der Waals surface area contributed by atoms with Crippen molar-refractivity contribution >= 4 is 5.82 Å². The van der Waals surface area contributed by atoms with Crippen LogP contribution < -0.4 is 10.5 Å². The molecule has 1 aromatic rings. The van der Waals surface area contributed by atoms with Crippen LogP contribution in [-0.2, 0) is 6.18 Å². The zero-order valence-electron chi connectivity index (χ0n) is 11.2. The lowest BCUT2D eigenvalue weighted by molar-refractivity contribution is -0.145. The number of alkyl halides is 3. The summed E-state index contributed by atoms with van der Waals surface area (Å²) in [4.78, 5) is 8.34. The number of aromatic nitrogens is 2. The van der Waals surface area contributed by atoms with Crippen molar-refractivity contribution in [3.05, 3.63) is 11.9 Å². The van der Waals surface area contributed by atoms with E-state index >= 15 is 0 Å². The Kier molecular flexibility index (Phi) is 4.24. The first-order valence-electron chi connectivity index (χ1n) is 5.54. The first kappa shape index (κ1) is 15.5. The van der Waals surface area contributed by atoms with Crippen LogP contribution in [0.1, 0.15) is 19.7 Å². The Bertz CT molecular complexity index is 446. The summed E-state index contributed by atoms with van der Waals surface area (Å²) in [5.74, 6) is -1.76. The number of nitrogen functional groups attached to an aromatic ring is 1. The summed E-state index contributed by atoms with van der Waals surface area (Å²) in [6.45, 7) is 3.96. The van der Waals surface area contributed by atoms with Crippen molar-refractivity contribution in [2.24, 2.45) is 0 Å². The van der Waals surface area contributed by atoms with Crippen LogP contribution in [0.2, 0.25) is 0 Å². The highest BCUT2D eigenvalue weighted by atomic mass is 19.4. The summed E-state index contributed by atoms with van der Waals surface area (Å²) in [7, 11) is 3.69. The molecule has 0 unspecified atom stereocenters. The number of rotatable bonds is 4. The molecule has 0 aliphatic rings. The minimum atomic E-state index is -4.65. The molecular weight excluding hydrogens is 261 g/mol. The van der Waals surface area contributed by atoms with Crippen LogP contribution in [0, 0.1) is 0 Å². The van der Waals surface area contributed by atoms with Crippen LogP contribution >= 0.6 is 0 Å². The van der Waals surface area contributed by atoms with Gasteiger partial charge < -0.3 is 15.4 Å². The molecule has 0 aromatic carbocycles.